The van der Waals surface area contributed by atoms with Gasteiger partial charge in [0.1, 0.15) is 11.3 Å². The van der Waals surface area contributed by atoms with Crippen LogP contribution in [0.25, 0.3) is 11.0 Å². The molecule has 1 aliphatic rings. The highest BCUT2D eigenvalue weighted by Gasteiger charge is 2.22. The average molecular weight is 336 g/mol. The van der Waals surface area contributed by atoms with Crippen LogP contribution >= 0.6 is 15.9 Å². The van der Waals surface area contributed by atoms with Crippen LogP contribution in [0, 0.1) is 0 Å². The first-order valence-corrected chi connectivity index (χ1v) is 7.80. The van der Waals surface area contributed by atoms with E-state index < -0.39 is 0 Å². The molecule has 20 heavy (non-hydrogen) atoms. The number of hydrogen-bond donors (Lipinski definition) is 1. The van der Waals surface area contributed by atoms with Crippen LogP contribution in [-0.4, -0.2) is 13.2 Å². The predicted molar refractivity (Wildman–Crippen MR) is 83.6 cm³/mol. The fraction of sp³-hybridized carbons (Fsp3) is 0.375. The molecular weight excluding hydrogens is 318 g/mol. The Balaban J connectivity index is 2.00. The van der Waals surface area contributed by atoms with Crippen molar-refractivity contribution in [3.63, 3.8) is 0 Å². The Morgan fingerprint density at radius 2 is 2.30 bits per heavy atom. The van der Waals surface area contributed by atoms with E-state index in [-0.39, 0.29) is 6.04 Å². The van der Waals surface area contributed by atoms with Crippen LogP contribution in [0.2, 0.25) is 0 Å². The number of halogens is 1. The molecule has 1 aliphatic heterocycles. The predicted octanol–water partition coefficient (Wildman–Crippen LogP) is 4.54. The normalized spacial score (nSPS) is 16.8. The minimum atomic E-state index is 0.0969. The van der Waals surface area contributed by atoms with Crippen molar-refractivity contribution < 1.29 is 9.15 Å². The zero-order valence-corrected chi connectivity index (χ0v) is 13.1. The molecule has 2 heterocycles. The van der Waals surface area contributed by atoms with E-state index in [0.29, 0.717) is 0 Å². The van der Waals surface area contributed by atoms with Gasteiger partial charge < -0.3 is 14.5 Å². The van der Waals surface area contributed by atoms with E-state index in [0.717, 1.165) is 47.2 Å². The Kier molecular flexibility index (Phi) is 4.13. The highest BCUT2D eigenvalue weighted by atomic mass is 79.9. The lowest BCUT2D eigenvalue weighted by molar-refractivity contribution is 0.218. The van der Waals surface area contributed by atoms with Gasteiger partial charge in [-0.1, -0.05) is 19.1 Å². The maximum Gasteiger partial charge on any atom is 0.148 e. The average Bonchev–Trinajstić information content (AvgIpc) is 2.91. The summed E-state index contributed by atoms with van der Waals surface area (Å²) in [5, 5.41) is 4.61. The summed E-state index contributed by atoms with van der Waals surface area (Å²) in [5.41, 5.74) is 2.16. The molecule has 2 aromatic rings. The molecule has 0 aliphatic carbocycles. The van der Waals surface area contributed by atoms with Gasteiger partial charge in [-0.15, -0.1) is 0 Å². The summed E-state index contributed by atoms with van der Waals surface area (Å²) in [5.74, 6) is 0.950. The lowest BCUT2D eigenvalue weighted by atomic mass is 10.00. The van der Waals surface area contributed by atoms with E-state index in [9.17, 15) is 0 Å². The zero-order chi connectivity index (χ0) is 13.9. The lowest BCUT2D eigenvalue weighted by Crippen LogP contribution is -2.23. The standard InChI is InChI=1S/C16H18BrNO2/c1-2-18-15(12-6-4-8-19-10-12)14-9-11-5-3-7-13(17)16(11)20-14/h3,5,7,9-10,15,18H,2,4,6,8H2,1H3. The molecule has 0 saturated carbocycles. The molecule has 0 bridgehead atoms. The fourth-order valence-electron chi connectivity index (χ4n) is 2.61. The van der Waals surface area contributed by atoms with Crippen molar-refractivity contribution in [3.05, 3.63) is 46.3 Å². The second kappa shape index (κ2) is 6.02. The zero-order valence-electron chi connectivity index (χ0n) is 11.5. The number of para-hydroxylation sites is 1. The van der Waals surface area contributed by atoms with Gasteiger partial charge in [-0.05, 0) is 53.0 Å². The van der Waals surface area contributed by atoms with Gasteiger partial charge in [0.15, 0.2) is 0 Å². The molecule has 3 rings (SSSR count). The van der Waals surface area contributed by atoms with E-state index in [1.165, 1.54) is 5.57 Å². The fourth-order valence-corrected chi connectivity index (χ4v) is 3.07. The first-order chi connectivity index (χ1) is 9.79. The van der Waals surface area contributed by atoms with Gasteiger partial charge in [0, 0.05) is 5.39 Å². The van der Waals surface area contributed by atoms with Crippen molar-refractivity contribution in [1.29, 1.82) is 0 Å². The van der Waals surface area contributed by atoms with E-state index in [4.69, 9.17) is 9.15 Å². The quantitative estimate of drug-likeness (QED) is 0.890. The topological polar surface area (TPSA) is 34.4 Å². The SMILES string of the molecule is CCNC(C1=COCCC1)c1cc2cccc(Br)c2o1. The van der Waals surface area contributed by atoms with Crippen molar-refractivity contribution in [2.24, 2.45) is 0 Å². The molecule has 1 atom stereocenters. The molecule has 0 spiro atoms. The van der Waals surface area contributed by atoms with Gasteiger partial charge in [-0.3, -0.25) is 0 Å². The summed E-state index contributed by atoms with van der Waals surface area (Å²) in [7, 11) is 0. The molecule has 0 fully saturated rings. The van der Waals surface area contributed by atoms with Crippen LogP contribution in [0.5, 0.6) is 0 Å². The first-order valence-electron chi connectivity index (χ1n) is 7.01. The third-order valence-corrected chi connectivity index (χ3v) is 4.17. The summed E-state index contributed by atoms with van der Waals surface area (Å²) < 4.78 is 12.5. The van der Waals surface area contributed by atoms with Crippen LogP contribution in [0.3, 0.4) is 0 Å². The first kappa shape index (κ1) is 13.7. The van der Waals surface area contributed by atoms with E-state index in [1.54, 1.807) is 0 Å². The summed E-state index contributed by atoms with van der Waals surface area (Å²) in [4.78, 5) is 0. The molecule has 1 aromatic carbocycles. The van der Waals surface area contributed by atoms with Crippen LogP contribution in [0.4, 0.5) is 0 Å². The molecule has 1 N–H and O–H groups in total. The summed E-state index contributed by atoms with van der Waals surface area (Å²) in [6.07, 6.45) is 4.01. The number of fused-ring (bicyclic) bond motifs is 1. The molecule has 4 heteroatoms. The van der Waals surface area contributed by atoms with Gasteiger partial charge in [-0.2, -0.15) is 0 Å². The van der Waals surface area contributed by atoms with Crippen molar-refractivity contribution in [2.45, 2.75) is 25.8 Å². The smallest absolute Gasteiger partial charge is 0.148 e. The second-order valence-corrected chi connectivity index (χ2v) is 5.82. The highest BCUT2D eigenvalue weighted by molar-refractivity contribution is 9.10. The Morgan fingerprint density at radius 3 is 3.00 bits per heavy atom. The molecule has 1 unspecified atom stereocenters. The van der Waals surface area contributed by atoms with Gasteiger partial charge in [-0.25, -0.2) is 0 Å². The maximum atomic E-state index is 6.06. The molecule has 1 aromatic heterocycles. The van der Waals surface area contributed by atoms with Crippen molar-refractivity contribution >= 4 is 26.9 Å². The highest BCUT2D eigenvalue weighted by Crippen LogP contribution is 2.34. The van der Waals surface area contributed by atoms with Crippen LogP contribution < -0.4 is 5.32 Å². The van der Waals surface area contributed by atoms with E-state index in [1.807, 2.05) is 18.4 Å². The summed E-state index contributed by atoms with van der Waals surface area (Å²) in [6, 6.07) is 8.31. The molecule has 0 radical (unpaired) electrons. The Bertz CT molecular complexity index is 632. The largest absolute Gasteiger partial charge is 0.501 e. The van der Waals surface area contributed by atoms with Gasteiger partial charge in [0.05, 0.1) is 23.4 Å². The van der Waals surface area contributed by atoms with Crippen molar-refractivity contribution in [1.82, 2.24) is 5.32 Å². The maximum absolute atomic E-state index is 6.06. The second-order valence-electron chi connectivity index (χ2n) is 4.96. The molecule has 0 amide bonds. The summed E-state index contributed by atoms with van der Waals surface area (Å²) in [6.45, 7) is 3.81. The van der Waals surface area contributed by atoms with Crippen LogP contribution in [-0.2, 0) is 4.74 Å². The van der Waals surface area contributed by atoms with Crippen LogP contribution in [0.1, 0.15) is 31.6 Å². The molecular formula is C16H18BrNO2. The Morgan fingerprint density at radius 1 is 1.40 bits per heavy atom. The number of benzene rings is 1. The third kappa shape index (κ3) is 2.63. The molecule has 3 nitrogen and oxygen atoms in total. The van der Waals surface area contributed by atoms with Gasteiger partial charge in [0.2, 0.25) is 0 Å². The molecule has 106 valence electrons. The Hall–Kier alpha value is -1.26. The van der Waals surface area contributed by atoms with Crippen molar-refractivity contribution in [3.8, 4) is 0 Å². The van der Waals surface area contributed by atoms with Gasteiger partial charge >= 0.3 is 0 Å². The number of rotatable bonds is 4. The number of likely N-dealkylation sites (N-methyl/N-ethyl adjacent to an activating group) is 1. The minimum Gasteiger partial charge on any atom is -0.501 e. The summed E-state index contributed by atoms with van der Waals surface area (Å²) >= 11 is 3.54. The number of furan rings is 1. The number of ether oxygens (including phenoxy) is 1. The lowest BCUT2D eigenvalue weighted by Gasteiger charge is -2.22. The van der Waals surface area contributed by atoms with E-state index >= 15 is 0 Å². The van der Waals surface area contributed by atoms with Crippen LogP contribution in [0.15, 0.2) is 45.0 Å². The van der Waals surface area contributed by atoms with Crippen molar-refractivity contribution in [2.75, 3.05) is 13.2 Å². The van der Waals surface area contributed by atoms with Gasteiger partial charge in [0.25, 0.3) is 0 Å². The van der Waals surface area contributed by atoms with E-state index in [2.05, 4.69) is 40.3 Å². The monoisotopic (exact) mass is 335 g/mol. The third-order valence-electron chi connectivity index (χ3n) is 3.54. The number of hydrogen-bond acceptors (Lipinski definition) is 3. The minimum absolute atomic E-state index is 0.0969. The Labute approximate surface area is 127 Å². The number of nitrogens with one attached hydrogen (secondary N) is 1. The molecule has 0 saturated heterocycles.